The summed E-state index contributed by atoms with van der Waals surface area (Å²) in [7, 11) is -1.98. The number of hydrogen-bond acceptors (Lipinski definition) is 5. The lowest BCUT2D eigenvalue weighted by atomic mass is 10.0. The molecule has 0 atom stereocenters. The summed E-state index contributed by atoms with van der Waals surface area (Å²) in [6.07, 6.45) is 1.87. The molecular weight excluding hydrogens is 394 g/mol. The predicted molar refractivity (Wildman–Crippen MR) is 111 cm³/mol. The van der Waals surface area contributed by atoms with Gasteiger partial charge in [-0.3, -0.25) is 10.0 Å². The summed E-state index contributed by atoms with van der Waals surface area (Å²) < 4.78 is 23.8. The maximum atomic E-state index is 11.9. The molecule has 0 bridgehead atoms. The van der Waals surface area contributed by atoms with E-state index >= 15 is 0 Å². The van der Waals surface area contributed by atoms with Crippen molar-refractivity contribution in [2.75, 3.05) is 13.3 Å². The molecule has 0 fully saturated rings. The lowest BCUT2D eigenvalue weighted by molar-refractivity contribution is -0.159. The van der Waals surface area contributed by atoms with Crippen molar-refractivity contribution in [2.45, 2.75) is 17.7 Å². The zero-order valence-electron chi connectivity index (χ0n) is 15.6. The summed E-state index contributed by atoms with van der Waals surface area (Å²) in [6, 6.07) is 18.8. The van der Waals surface area contributed by atoms with Crippen molar-refractivity contribution in [3.63, 3.8) is 0 Å². The van der Waals surface area contributed by atoms with Crippen molar-refractivity contribution < 1.29 is 18.4 Å². The fraction of sp³-hybridized carbons (Fsp3) is 0.190. The molecule has 146 valence electrons. The van der Waals surface area contributed by atoms with Crippen LogP contribution in [0.5, 0.6) is 0 Å². The summed E-state index contributed by atoms with van der Waals surface area (Å²) in [5.74, 6) is -0.354. The molecule has 28 heavy (non-hydrogen) atoms. The third kappa shape index (κ3) is 4.67. The van der Waals surface area contributed by atoms with Gasteiger partial charge in [0.2, 0.25) is 5.91 Å². The van der Waals surface area contributed by atoms with Gasteiger partial charge in [-0.15, -0.1) is 11.3 Å². The van der Waals surface area contributed by atoms with E-state index in [1.807, 2.05) is 42.5 Å². The molecule has 0 radical (unpaired) electrons. The lowest BCUT2D eigenvalue weighted by Crippen LogP contribution is -2.22. The number of nitrogens with zero attached hydrogens (tertiary/aromatic N) is 1. The van der Waals surface area contributed by atoms with Gasteiger partial charge in [-0.2, -0.15) is 0 Å². The van der Waals surface area contributed by atoms with Crippen LogP contribution < -0.4 is 0 Å². The zero-order chi connectivity index (χ0) is 20.3. The summed E-state index contributed by atoms with van der Waals surface area (Å²) in [6.45, 7) is 0. The molecule has 3 rings (SSSR count). The van der Waals surface area contributed by atoms with E-state index in [1.165, 1.54) is 24.6 Å². The molecule has 3 aromatic rings. The number of sulfone groups is 1. The number of hydroxylamine groups is 2. The molecule has 0 aliphatic rings. The van der Waals surface area contributed by atoms with E-state index in [9.17, 15) is 18.4 Å². The van der Waals surface area contributed by atoms with Crippen molar-refractivity contribution >= 4 is 27.1 Å². The van der Waals surface area contributed by atoms with Crippen LogP contribution in [0.25, 0.3) is 21.6 Å². The molecule has 1 aromatic heterocycles. The molecule has 0 spiro atoms. The average molecular weight is 416 g/mol. The molecule has 0 aliphatic heterocycles. The highest BCUT2D eigenvalue weighted by molar-refractivity contribution is 7.90. The van der Waals surface area contributed by atoms with Crippen LogP contribution in [0.3, 0.4) is 0 Å². The number of hydrogen-bond donors (Lipinski definition) is 1. The smallest absolute Gasteiger partial charge is 0.246 e. The number of carbonyl (C=O) groups excluding carboxylic acids is 1. The highest BCUT2D eigenvalue weighted by Gasteiger charge is 2.16. The molecule has 1 N–H and O–H groups in total. The van der Waals surface area contributed by atoms with Crippen LogP contribution in [0, 0.1) is 0 Å². The normalized spacial score (nSPS) is 11.4. The lowest BCUT2D eigenvalue weighted by Gasteiger charge is -2.08. The molecule has 0 unspecified atom stereocenters. The first-order chi connectivity index (χ1) is 13.3. The topological polar surface area (TPSA) is 74.7 Å². The highest BCUT2D eigenvalue weighted by atomic mass is 32.2. The molecule has 7 heteroatoms. The Kier molecular flexibility index (Phi) is 5.98. The third-order valence-corrected chi connectivity index (χ3v) is 6.72. The Morgan fingerprint density at radius 1 is 1.04 bits per heavy atom. The largest absolute Gasteiger partial charge is 0.286 e. The second kappa shape index (κ2) is 8.26. The van der Waals surface area contributed by atoms with Gasteiger partial charge in [0.25, 0.3) is 0 Å². The first kappa shape index (κ1) is 20.3. The molecule has 5 nitrogen and oxygen atoms in total. The van der Waals surface area contributed by atoms with Gasteiger partial charge >= 0.3 is 0 Å². The van der Waals surface area contributed by atoms with Gasteiger partial charge in [-0.1, -0.05) is 42.5 Å². The van der Waals surface area contributed by atoms with Crippen LogP contribution in [0.2, 0.25) is 0 Å². The first-order valence-electron chi connectivity index (χ1n) is 8.70. The monoisotopic (exact) mass is 415 g/mol. The summed E-state index contributed by atoms with van der Waals surface area (Å²) in [4.78, 5) is 14.0. The second-order valence-corrected chi connectivity index (χ2v) is 9.68. The maximum Gasteiger partial charge on any atom is 0.246 e. The van der Waals surface area contributed by atoms with E-state index in [1.54, 1.807) is 18.2 Å². The Hall–Kier alpha value is -2.48. The van der Waals surface area contributed by atoms with Crippen molar-refractivity contribution in [1.29, 1.82) is 0 Å². The summed E-state index contributed by atoms with van der Waals surface area (Å²) in [5, 5.41) is 9.91. The minimum Gasteiger partial charge on any atom is -0.286 e. The van der Waals surface area contributed by atoms with Gasteiger partial charge in [0.1, 0.15) is 0 Å². The fourth-order valence-corrected chi connectivity index (χ4v) is 4.73. The van der Waals surface area contributed by atoms with E-state index in [0.717, 1.165) is 26.4 Å². The Morgan fingerprint density at radius 3 is 2.36 bits per heavy atom. The molecule has 2 aromatic carbocycles. The number of thiophene rings is 1. The summed E-state index contributed by atoms with van der Waals surface area (Å²) >= 11 is 1.53. The number of carbonyl (C=O) groups is 1. The minimum atomic E-state index is -3.29. The molecule has 1 amide bonds. The molecular formula is C21H21NO4S2. The third-order valence-electron chi connectivity index (χ3n) is 4.37. The fourth-order valence-electron chi connectivity index (χ4n) is 2.88. The van der Waals surface area contributed by atoms with Gasteiger partial charge in [0.15, 0.2) is 9.84 Å². The van der Waals surface area contributed by atoms with Crippen molar-refractivity contribution in [2.24, 2.45) is 0 Å². The van der Waals surface area contributed by atoms with Crippen LogP contribution in [0.4, 0.5) is 0 Å². The van der Waals surface area contributed by atoms with Crippen LogP contribution >= 0.6 is 11.3 Å². The molecule has 0 saturated carbocycles. The average Bonchev–Trinajstić information content (AvgIpc) is 3.10. The Bertz CT molecular complexity index is 1090. The van der Waals surface area contributed by atoms with Crippen LogP contribution in [-0.2, 0) is 21.1 Å². The van der Waals surface area contributed by atoms with Crippen molar-refractivity contribution in [3.8, 4) is 21.6 Å². The number of aryl methyl sites for hydroxylation is 1. The van der Waals surface area contributed by atoms with Gasteiger partial charge in [0.05, 0.1) is 4.90 Å². The SMILES string of the molecule is CN(O)C(=O)CCc1sc(-c2cccc(S(C)(=O)=O)c2)cc1-c1ccccc1. The Labute approximate surface area is 168 Å². The number of benzene rings is 2. The Morgan fingerprint density at radius 2 is 1.71 bits per heavy atom. The molecule has 0 aliphatic carbocycles. The Balaban J connectivity index is 2.03. The molecule has 0 saturated heterocycles. The molecule has 1 heterocycles. The van der Waals surface area contributed by atoms with E-state index in [4.69, 9.17) is 0 Å². The van der Waals surface area contributed by atoms with E-state index in [0.29, 0.717) is 11.5 Å². The first-order valence-corrected chi connectivity index (χ1v) is 11.4. The van der Waals surface area contributed by atoms with Crippen molar-refractivity contribution in [3.05, 3.63) is 65.5 Å². The number of amides is 1. The van der Waals surface area contributed by atoms with Crippen LogP contribution in [0.15, 0.2) is 65.6 Å². The van der Waals surface area contributed by atoms with Crippen LogP contribution in [-0.4, -0.2) is 37.9 Å². The quantitative estimate of drug-likeness (QED) is 0.482. The predicted octanol–water partition coefficient (Wildman–Crippen LogP) is 4.27. The van der Waals surface area contributed by atoms with E-state index in [2.05, 4.69) is 0 Å². The van der Waals surface area contributed by atoms with Crippen LogP contribution in [0.1, 0.15) is 11.3 Å². The number of rotatable bonds is 6. The van der Waals surface area contributed by atoms with E-state index < -0.39 is 9.84 Å². The van der Waals surface area contributed by atoms with Gasteiger partial charge in [-0.05, 0) is 41.3 Å². The van der Waals surface area contributed by atoms with Gasteiger partial charge < -0.3 is 0 Å². The van der Waals surface area contributed by atoms with Crippen molar-refractivity contribution in [1.82, 2.24) is 5.06 Å². The zero-order valence-corrected chi connectivity index (χ0v) is 17.3. The summed E-state index contributed by atoms with van der Waals surface area (Å²) in [5.41, 5.74) is 2.87. The second-order valence-electron chi connectivity index (χ2n) is 6.53. The maximum absolute atomic E-state index is 11.9. The minimum absolute atomic E-state index is 0.191. The van der Waals surface area contributed by atoms with Gasteiger partial charge in [0, 0.05) is 29.5 Å². The standard InChI is InChI=1S/C21H21NO4S2/c1-22(24)21(23)12-11-19-18(15-7-4-3-5-8-15)14-20(27-19)16-9-6-10-17(13-16)28(2,25)26/h3-10,13-14,24H,11-12H2,1-2H3. The highest BCUT2D eigenvalue weighted by Crippen LogP contribution is 2.38. The van der Waals surface area contributed by atoms with Gasteiger partial charge in [-0.25, -0.2) is 13.5 Å². The van der Waals surface area contributed by atoms with E-state index in [-0.39, 0.29) is 17.2 Å².